The first-order valence-corrected chi connectivity index (χ1v) is 12.3. The minimum absolute atomic E-state index is 0.0534. The number of aromatic nitrogens is 3. The van der Waals surface area contributed by atoms with E-state index in [0.29, 0.717) is 6.61 Å². The maximum atomic E-state index is 15.7. The Bertz CT molecular complexity index is 1430. The molecule has 2 atom stereocenters. The van der Waals surface area contributed by atoms with E-state index in [1.54, 1.807) is 36.6 Å². The minimum atomic E-state index is -5.08. The van der Waals surface area contributed by atoms with Gasteiger partial charge >= 0.3 is 12.1 Å². The van der Waals surface area contributed by atoms with E-state index >= 15 is 4.39 Å². The van der Waals surface area contributed by atoms with Crippen LogP contribution in [0.3, 0.4) is 0 Å². The number of methoxy groups -OCH3 is 1. The van der Waals surface area contributed by atoms with Gasteiger partial charge < -0.3 is 29.0 Å². The summed E-state index contributed by atoms with van der Waals surface area (Å²) in [6.45, 7) is 6.29. The monoisotopic (exact) mass is 568 g/mol. The second-order valence-corrected chi connectivity index (χ2v) is 10.2. The predicted molar refractivity (Wildman–Crippen MR) is 133 cm³/mol. The summed E-state index contributed by atoms with van der Waals surface area (Å²) < 4.78 is 66.0. The molecule has 1 amide bonds. The number of hydrogen-bond acceptors (Lipinski definition) is 7. The number of carboxylic acids is 1. The third-order valence-corrected chi connectivity index (χ3v) is 6.78. The summed E-state index contributed by atoms with van der Waals surface area (Å²) in [6, 6.07) is 3.22. The lowest BCUT2D eigenvalue weighted by molar-refractivity contribution is -0.192. The number of alkyl halides is 3. The van der Waals surface area contributed by atoms with Crippen LogP contribution in [0.15, 0.2) is 30.7 Å². The molecular formula is C26H28F4N4O6. The summed E-state index contributed by atoms with van der Waals surface area (Å²) in [6.07, 6.45) is 2.38. The fraction of sp³-hybridized carbons (Fsp3) is 0.462. The van der Waals surface area contributed by atoms with Gasteiger partial charge in [-0.05, 0) is 52.2 Å². The molecule has 0 radical (unpaired) electrons. The maximum absolute atomic E-state index is 15.7. The summed E-state index contributed by atoms with van der Waals surface area (Å²) in [7, 11) is 1.44. The second-order valence-electron chi connectivity index (χ2n) is 10.2. The van der Waals surface area contributed by atoms with Crippen molar-refractivity contribution in [2.24, 2.45) is 0 Å². The standard InChI is InChI=1S/C24H27FN4O4.C2HF3O2/c1-14(2)33-19-16(27-21(30)15-6-5-9-26-22(15)31-4)10-29-11-17(28-20(29)18(19)25)24-8-7-23(3,12-24)32-13-24;3-2(4,5)1(6)7/h5-6,9-11,14H,7-8,12-13H2,1-4H3,(H,27,30);(H,6,7). The van der Waals surface area contributed by atoms with Crippen molar-refractivity contribution < 1.29 is 46.5 Å². The second kappa shape index (κ2) is 10.6. The van der Waals surface area contributed by atoms with Crippen LogP contribution in [0.2, 0.25) is 0 Å². The molecule has 0 aromatic carbocycles. The zero-order chi connectivity index (χ0) is 29.5. The molecule has 3 aromatic rings. The van der Waals surface area contributed by atoms with Gasteiger partial charge in [-0.25, -0.2) is 14.8 Å². The van der Waals surface area contributed by atoms with Gasteiger partial charge in [0.15, 0.2) is 11.4 Å². The zero-order valence-corrected chi connectivity index (χ0v) is 22.1. The van der Waals surface area contributed by atoms with Crippen LogP contribution in [0.5, 0.6) is 11.6 Å². The van der Waals surface area contributed by atoms with Gasteiger partial charge in [0.25, 0.3) is 5.91 Å². The number of ether oxygens (including phenoxy) is 3. The van der Waals surface area contributed by atoms with E-state index in [0.717, 1.165) is 25.0 Å². The molecule has 1 aliphatic carbocycles. The van der Waals surface area contributed by atoms with Crippen molar-refractivity contribution >= 4 is 23.2 Å². The van der Waals surface area contributed by atoms with Crippen LogP contribution in [0, 0.1) is 5.82 Å². The number of halogens is 4. The molecule has 1 saturated heterocycles. The average Bonchev–Trinajstić information content (AvgIpc) is 3.57. The first kappa shape index (κ1) is 29.1. The number of aliphatic carboxylic acids is 1. The van der Waals surface area contributed by atoms with Gasteiger partial charge in [0, 0.05) is 24.0 Å². The molecule has 216 valence electrons. The molecule has 10 nitrogen and oxygen atoms in total. The molecular weight excluding hydrogens is 540 g/mol. The lowest BCUT2D eigenvalue weighted by atomic mass is 9.84. The van der Waals surface area contributed by atoms with Gasteiger partial charge in [-0.3, -0.25) is 4.79 Å². The average molecular weight is 569 g/mol. The van der Waals surface area contributed by atoms with Gasteiger partial charge in [-0.2, -0.15) is 17.6 Å². The summed E-state index contributed by atoms with van der Waals surface area (Å²) >= 11 is 0. The van der Waals surface area contributed by atoms with E-state index in [1.165, 1.54) is 13.3 Å². The molecule has 1 saturated carbocycles. The molecule has 14 heteroatoms. The number of hydrogen-bond donors (Lipinski definition) is 2. The molecule has 2 bridgehead atoms. The highest BCUT2D eigenvalue weighted by Gasteiger charge is 2.55. The zero-order valence-electron chi connectivity index (χ0n) is 22.1. The number of anilines is 1. The van der Waals surface area contributed by atoms with Crippen LogP contribution in [-0.4, -0.2) is 62.9 Å². The largest absolute Gasteiger partial charge is 0.490 e. The summed E-state index contributed by atoms with van der Waals surface area (Å²) in [5.41, 5.74) is 1.04. The molecule has 2 fully saturated rings. The van der Waals surface area contributed by atoms with Crippen LogP contribution in [-0.2, 0) is 14.9 Å². The summed E-state index contributed by atoms with van der Waals surface area (Å²) in [4.78, 5) is 30.6. The van der Waals surface area contributed by atoms with Gasteiger partial charge in [0.1, 0.15) is 11.3 Å². The smallest absolute Gasteiger partial charge is 0.486 e. The van der Waals surface area contributed by atoms with Crippen LogP contribution < -0.4 is 14.8 Å². The van der Waals surface area contributed by atoms with Crippen molar-refractivity contribution in [2.75, 3.05) is 19.0 Å². The molecule has 1 aliphatic heterocycles. The number of rotatable bonds is 6. The summed E-state index contributed by atoms with van der Waals surface area (Å²) in [5, 5.41) is 9.88. The molecule has 40 heavy (non-hydrogen) atoms. The van der Waals surface area contributed by atoms with E-state index in [1.807, 2.05) is 6.20 Å². The predicted octanol–water partition coefficient (Wildman–Crippen LogP) is 4.76. The Labute approximate surface area is 226 Å². The number of amides is 1. The van der Waals surface area contributed by atoms with Crippen molar-refractivity contribution in [1.82, 2.24) is 14.4 Å². The molecule has 2 unspecified atom stereocenters. The number of carbonyl (C=O) groups is 2. The van der Waals surface area contributed by atoms with Gasteiger partial charge in [-0.15, -0.1) is 0 Å². The van der Waals surface area contributed by atoms with Crippen LogP contribution in [0.4, 0.5) is 23.2 Å². The highest BCUT2D eigenvalue weighted by molar-refractivity contribution is 6.06. The molecule has 2 N–H and O–H groups in total. The Morgan fingerprint density at radius 3 is 2.48 bits per heavy atom. The van der Waals surface area contributed by atoms with Crippen molar-refractivity contribution in [3.05, 3.63) is 47.8 Å². The van der Waals surface area contributed by atoms with E-state index in [-0.39, 0.29) is 45.6 Å². The molecule has 5 rings (SSSR count). The third-order valence-electron chi connectivity index (χ3n) is 6.78. The Hall–Kier alpha value is -3.94. The lowest BCUT2D eigenvalue weighted by Gasteiger charge is -2.24. The number of imidazole rings is 1. The van der Waals surface area contributed by atoms with E-state index in [2.05, 4.69) is 22.2 Å². The Morgan fingerprint density at radius 2 is 1.95 bits per heavy atom. The third kappa shape index (κ3) is 5.67. The lowest BCUT2D eigenvalue weighted by Crippen LogP contribution is -2.26. The van der Waals surface area contributed by atoms with E-state index < -0.39 is 23.9 Å². The van der Waals surface area contributed by atoms with Crippen molar-refractivity contribution in [3.8, 4) is 11.6 Å². The Morgan fingerprint density at radius 1 is 1.25 bits per heavy atom. The number of nitrogens with one attached hydrogen (secondary N) is 1. The Balaban J connectivity index is 0.000000470. The number of nitrogens with zero attached hydrogens (tertiary/aromatic N) is 3. The quantitative estimate of drug-likeness (QED) is 0.408. The van der Waals surface area contributed by atoms with Gasteiger partial charge in [0.2, 0.25) is 11.7 Å². The van der Waals surface area contributed by atoms with E-state index in [4.69, 9.17) is 24.1 Å². The number of carbonyl (C=O) groups excluding carboxylic acids is 1. The summed E-state index contributed by atoms with van der Waals surface area (Å²) in [5.74, 6) is -3.74. The fourth-order valence-corrected chi connectivity index (χ4v) is 4.93. The Kier molecular flexibility index (Phi) is 7.67. The molecule has 2 aliphatic rings. The van der Waals surface area contributed by atoms with Gasteiger partial charge in [-0.1, -0.05) is 0 Å². The first-order valence-electron chi connectivity index (χ1n) is 12.3. The topological polar surface area (TPSA) is 124 Å². The van der Waals surface area contributed by atoms with Crippen LogP contribution >= 0.6 is 0 Å². The maximum Gasteiger partial charge on any atom is 0.490 e. The molecule has 0 spiro atoms. The first-order chi connectivity index (χ1) is 18.7. The highest BCUT2D eigenvalue weighted by atomic mass is 19.4. The van der Waals surface area contributed by atoms with Gasteiger partial charge in [0.05, 0.1) is 31.1 Å². The number of fused-ring (bicyclic) bond motifs is 3. The van der Waals surface area contributed by atoms with Crippen LogP contribution in [0.25, 0.3) is 5.65 Å². The molecule has 4 heterocycles. The SMILES string of the molecule is COc1ncccc1C(=O)Nc1cn2cc(C34CCC(C)(C3)OC4)nc2c(F)c1OC(C)C.O=C(O)C(F)(F)F. The number of pyridine rings is 2. The normalized spacial score (nSPS) is 21.7. The fourth-order valence-electron chi connectivity index (χ4n) is 4.93. The van der Waals surface area contributed by atoms with Crippen molar-refractivity contribution in [2.45, 2.75) is 63.3 Å². The molecule has 3 aromatic heterocycles. The van der Waals surface area contributed by atoms with Crippen molar-refractivity contribution in [1.29, 1.82) is 0 Å². The van der Waals surface area contributed by atoms with Crippen molar-refractivity contribution in [3.63, 3.8) is 0 Å². The van der Waals surface area contributed by atoms with E-state index in [9.17, 15) is 18.0 Å². The highest BCUT2D eigenvalue weighted by Crippen LogP contribution is 2.53. The minimum Gasteiger partial charge on any atom is -0.486 e. The van der Waals surface area contributed by atoms with Crippen LogP contribution in [0.1, 0.15) is 56.1 Å². The number of carboxylic acid groups (broad SMARTS) is 1.